The molecule has 0 bridgehead atoms. The first kappa shape index (κ1) is 12.5. The Morgan fingerprint density at radius 2 is 2.06 bits per heavy atom. The van der Waals surface area contributed by atoms with Gasteiger partial charge in [0.2, 0.25) is 0 Å². The molecular weight excluding hydrogens is 291 g/mol. The molecular formula is C10H5Cl2F2NOS. The maximum Gasteiger partial charge on any atom is 0.280 e. The van der Waals surface area contributed by atoms with Gasteiger partial charge in [0.05, 0.1) is 10.8 Å². The lowest BCUT2D eigenvalue weighted by Gasteiger charge is -2.01. The minimum absolute atomic E-state index is 0.149. The first-order chi connectivity index (χ1) is 8.10. The minimum Gasteiger partial charge on any atom is -0.431 e. The van der Waals surface area contributed by atoms with E-state index in [4.69, 9.17) is 27.9 Å². The van der Waals surface area contributed by atoms with Crippen molar-refractivity contribution in [3.05, 3.63) is 39.9 Å². The maximum absolute atomic E-state index is 12.9. The molecule has 90 valence electrons. The van der Waals surface area contributed by atoms with E-state index in [9.17, 15) is 8.78 Å². The van der Waals surface area contributed by atoms with Gasteiger partial charge in [0.15, 0.2) is 11.6 Å². The van der Waals surface area contributed by atoms with E-state index in [1.807, 2.05) is 0 Å². The predicted molar refractivity (Wildman–Crippen MR) is 63.1 cm³/mol. The van der Waals surface area contributed by atoms with Crippen molar-refractivity contribution in [1.82, 2.24) is 4.98 Å². The molecule has 0 aliphatic rings. The van der Waals surface area contributed by atoms with Crippen molar-refractivity contribution in [2.75, 3.05) is 0 Å². The predicted octanol–water partition coefficient (Wildman–Crippen LogP) is 4.61. The summed E-state index contributed by atoms with van der Waals surface area (Å²) in [6, 6.07) is 3.21. The van der Waals surface area contributed by atoms with Crippen LogP contribution in [0.3, 0.4) is 0 Å². The summed E-state index contributed by atoms with van der Waals surface area (Å²) in [6.45, 7) is 0. The van der Waals surface area contributed by atoms with Gasteiger partial charge in [-0.3, -0.25) is 0 Å². The summed E-state index contributed by atoms with van der Waals surface area (Å²) in [4.78, 5) is 4.55. The third kappa shape index (κ3) is 2.86. The van der Waals surface area contributed by atoms with Gasteiger partial charge in [0, 0.05) is 6.07 Å². The van der Waals surface area contributed by atoms with Crippen LogP contribution in [0.1, 0.15) is 4.88 Å². The molecule has 2 rings (SSSR count). The van der Waals surface area contributed by atoms with Crippen LogP contribution in [0.2, 0.25) is 5.15 Å². The van der Waals surface area contributed by atoms with Gasteiger partial charge in [-0.1, -0.05) is 22.9 Å². The Morgan fingerprint density at radius 1 is 1.29 bits per heavy atom. The average molecular weight is 296 g/mol. The zero-order chi connectivity index (χ0) is 12.4. The van der Waals surface area contributed by atoms with Crippen molar-refractivity contribution in [2.24, 2.45) is 0 Å². The summed E-state index contributed by atoms with van der Waals surface area (Å²) in [5.41, 5.74) is 0. The van der Waals surface area contributed by atoms with Crippen LogP contribution in [0.15, 0.2) is 18.2 Å². The van der Waals surface area contributed by atoms with Crippen LogP contribution in [0.5, 0.6) is 10.9 Å². The molecule has 0 amide bonds. The Kier molecular flexibility index (Phi) is 3.81. The summed E-state index contributed by atoms with van der Waals surface area (Å²) in [6.07, 6.45) is 0. The highest BCUT2D eigenvalue weighted by atomic mass is 35.5. The molecule has 0 saturated heterocycles. The number of halogens is 4. The average Bonchev–Trinajstić information content (AvgIpc) is 2.64. The van der Waals surface area contributed by atoms with Gasteiger partial charge >= 0.3 is 0 Å². The summed E-state index contributed by atoms with van der Waals surface area (Å²) >= 11 is 12.5. The molecule has 0 radical (unpaired) electrons. The number of hydrogen-bond acceptors (Lipinski definition) is 3. The standard InChI is InChI=1S/C10H5Cl2F2NOS/c11-4-8-9(12)15-10(17-8)16-5-1-2-6(13)7(14)3-5/h1-3H,4H2. The number of hydrogen-bond donors (Lipinski definition) is 0. The molecule has 0 saturated carbocycles. The van der Waals surface area contributed by atoms with Gasteiger partial charge < -0.3 is 4.74 Å². The maximum atomic E-state index is 12.9. The zero-order valence-electron chi connectivity index (χ0n) is 8.21. The summed E-state index contributed by atoms with van der Waals surface area (Å²) in [5.74, 6) is -1.55. The molecule has 2 nitrogen and oxygen atoms in total. The molecule has 1 heterocycles. The fraction of sp³-hybridized carbons (Fsp3) is 0.100. The molecule has 0 aliphatic carbocycles. The second kappa shape index (κ2) is 5.16. The third-order valence-electron chi connectivity index (χ3n) is 1.85. The molecule has 0 aliphatic heterocycles. The van der Waals surface area contributed by atoms with Crippen molar-refractivity contribution in [1.29, 1.82) is 0 Å². The molecule has 17 heavy (non-hydrogen) atoms. The summed E-state index contributed by atoms with van der Waals surface area (Å²) in [5, 5.41) is 0.485. The van der Waals surface area contributed by atoms with Crippen molar-refractivity contribution in [3.63, 3.8) is 0 Å². The SMILES string of the molecule is Fc1ccc(Oc2nc(Cl)c(CCl)s2)cc1F. The molecule has 1 aromatic carbocycles. The van der Waals surface area contributed by atoms with Crippen LogP contribution in [0.25, 0.3) is 0 Å². The van der Waals surface area contributed by atoms with Crippen LogP contribution in [-0.2, 0) is 5.88 Å². The lowest BCUT2D eigenvalue weighted by Crippen LogP contribution is -1.87. The van der Waals surface area contributed by atoms with Crippen molar-refractivity contribution >= 4 is 34.5 Å². The number of nitrogens with zero attached hydrogens (tertiary/aromatic N) is 1. The number of alkyl halides is 1. The molecule has 1 aromatic heterocycles. The number of thiazole rings is 1. The Morgan fingerprint density at radius 3 is 2.65 bits per heavy atom. The van der Waals surface area contributed by atoms with Gasteiger partial charge in [0.25, 0.3) is 5.19 Å². The van der Waals surface area contributed by atoms with E-state index in [1.165, 1.54) is 6.07 Å². The quantitative estimate of drug-likeness (QED) is 0.772. The fourth-order valence-corrected chi connectivity index (χ4v) is 2.42. The Balaban J connectivity index is 2.22. The highest BCUT2D eigenvalue weighted by molar-refractivity contribution is 7.14. The fourth-order valence-electron chi connectivity index (χ4n) is 1.08. The van der Waals surface area contributed by atoms with E-state index >= 15 is 0 Å². The lowest BCUT2D eigenvalue weighted by molar-refractivity contribution is 0.459. The van der Waals surface area contributed by atoms with Crippen molar-refractivity contribution < 1.29 is 13.5 Å². The Hall–Kier alpha value is -0.910. The van der Waals surface area contributed by atoms with Crippen LogP contribution in [0.4, 0.5) is 8.78 Å². The van der Waals surface area contributed by atoms with E-state index in [-0.39, 0.29) is 22.0 Å². The topological polar surface area (TPSA) is 22.1 Å². The molecule has 0 unspecified atom stereocenters. The molecule has 7 heteroatoms. The number of aromatic nitrogens is 1. The van der Waals surface area contributed by atoms with E-state index in [0.29, 0.717) is 4.88 Å². The van der Waals surface area contributed by atoms with Gasteiger partial charge in [-0.05, 0) is 12.1 Å². The lowest BCUT2D eigenvalue weighted by atomic mass is 10.3. The molecule has 0 atom stereocenters. The molecule has 0 spiro atoms. The van der Waals surface area contributed by atoms with Gasteiger partial charge in [0.1, 0.15) is 10.9 Å². The monoisotopic (exact) mass is 295 g/mol. The molecule has 0 N–H and O–H groups in total. The largest absolute Gasteiger partial charge is 0.431 e. The molecule has 2 aromatic rings. The minimum atomic E-state index is -0.984. The highest BCUT2D eigenvalue weighted by Crippen LogP contribution is 2.33. The summed E-state index contributed by atoms with van der Waals surface area (Å²) < 4.78 is 30.8. The van der Waals surface area contributed by atoms with Gasteiger partial charge in [-0.15, -0.1) is 11.6 Å². The summed E-state index contributed by atoms with van der Waals surface area (Å²) in [7, 11) is 0. The zero-order valence-corrected chi connectivity index (χ0v) is 10.5. The van der Waals surface area contributed by atoms with E-state index in [2.05, 4.69) is 4.98 Å². The molecule has 0 fully saturated rings. The normalized spacial score (nSPS) is 10.6. The van der Waals surface area contributed by atoms with Gasteiger partial charge in [-0.25, -0.2) is 8.78 Å². The van der Waals surface area contributed by atoms with Crippen molar-refractivity contribution in [2.45, 2.75) is 5.88 Å². The Labute approximate surface area is 110 Å². The first-order valence-corrected chi connectivity index (χ1v) is 6.17. The van der Waals surface area contributed by atoms with Crippen LogP contribution in [-0.4, -0.2) is 4.98 Å². The second-order valence-corrected chi connectivity index (χ2v) is 4.68. The number of ether oxygens (including phenoxy) is 1. The smallest absolute Gasteiger partial charge is 0.280 e. The van der Waals surface area contributed by atoms with Gasteiger partial charge in [-0.2, -0.15) is 4.98 Å². The van der Waals surface area contributed by atoms with E-state index in [1.54, 1.807) is 0 Å². The van der Waals surface area contributed by atoms with E-state index in [0.717, 1.165) is 23.5 Å². The Bertz CT molecular complexity index is 547. The second-order valence-electron chi connectivity index (χ2n) is 3.01. The third-order valence-corrected chi connectivity index (χ3v) is 3.63. The first-order valence-electron chi connectivity index (χ1n) is 4.44. The number of rotatable bonds is 3. The van der Waals surface area contributed by atoms with Crippen LogP contribution >= 0.6 is 34.5 Å². The van der Waals surface area contributed by atoms with Crippen LogP contribution < -0.4 is 4.74 Å². The van der Waals surface area contributed by atoms with Crippen LogP contribution in [0, 0.1) is 11.6 Å². The van der Waals surface area contributed by atoms with Crippen molar-refractivity contribution in [3.8, 4) is 10.9 Å². The number of benzene rings is 1. The van der Waals surface area contributed by atoms with E-state index < -0.39 is 11.6 Å². The highest BCUT2D eigenvalue weighted by Gasteiger charge is 2.11.